The summed E-state index contributed by atoms with van der Waals surface area (Å²) in [6, 6.07) is 7.15. The van der Waals surface area contributed by atoms with Crippen LogP contribution in [0, 0.1) is 10.1 Å². The second-order valence-electron chi connectivity index (χ2n) is 2.59. The molecule has 1 aromatic rings. The molecule has 0 radical (unpaired) electrons. The summed E-state index contributed by atoms with van der Waals surface area (Å²) in [5.74, 6) is 0. The van der Waals surface area contributed by atoms with E-state index >= 15 is 0 Å². The quantitative estimate of drug-likeness (QED) is 0.444. The van der Waals surface area contributed by atoms with E-state index in [9.17, 15) is 10.1 Å². The van der Waals surface area contributed by atoms with Gasteiger partial charge >= 0.3 is 0 Å². The monoisotopic (exact) mass is 215 g/mol. The molecule has 6 heteroatoms. The molecule has 0 aliphatic rings. The van der Waals surface area contributed by atoms with Crippen LogP contribution in [-0.4, -0.2) is 18.0 Å². The highest BCUT2D eigenvalue weighted by Gasteiger charge is 1.98. The van der Waals surface area contributed by atoms with Crippen molar-refractivity contribution in [3.8, 4) is 0 Å². The number of para-hydroxylation sites is 1. The van der Waals surface area contributed by atoms with Gasteiger partial charge in [0.1, 0.15) is 0 Å². The van der Waals surface area contributed by atoms with Crippen LogP contribution in [0.5, 0.6) is 0 Å². The second kappa shape index (κ2) is 5.41. The van der Waals surface area contributed by atoms with Crippen molar-refractivity contribution in [1.82, 2.24) is 5.43 Å². The van der Waals surface area contributed by atoms with Crippen molar-refractivity contribution in [1.29, 1.82) is 0 Å². The minimum absolute atomic E-state index is 0.128. The lowest BCUT2D eigenvalue weighted by molar-refractivity contribution is -0.477. The third-order valence-electron chi connectivity index (χ3n) is 1.52. The number of benzene rings is 1. The maximum atomic E-state index is 9.99. The molecule has 0 fully saturated rings. The number of hydrazine groups is 1. The molecule has 0 amide bonds. The highest BCUT2D eigenvalue weighted by Crippen LogP contribution is 2.18. The molecule has 5 nitrogen and oxygen atoms in total. The zero-order valence-electron chi connectivity index (χ0n) is 7.37. The summed E-state index contributed by atoms with van der Waals surface area (Å²) < 4.78 is 0. The molecule has 0 saturated carbocycles. The number of nitrogens with one attached hydrogen (secondary N) is 2. The molecule has 1 aromatic carbocycles. The molecule has 0 aliphatic heterocycles. The molecule has 0 aliphatic carbocycles. The normalized spacial score (nSPS) is 9.79. The SMILES string of the molecule is O=[N+]([O-])CCNNc1ccccc1Cl. The largest absolute Gasteiger partial charge is 0.320 e. The van der Waals surface area contributed by atoms with Gasteiger partial charge in [0.25, 0.3) is 0 Å². The van der Waals surface area contributed by atoms with Gasteiger partial charge in [-0.25, -0.2) is 5.43 Å². The average molecular weight is 216 g/mol. The first kappa shape index (κ1) is 10.7. The van der Waals surface area contributed by atoms with Crippen molar-refractivity contribution < 1.29 is 4.92 Å². The minimum atomic E-state index is -0.388. The van der Waals surface area contributed by atoms with E-state index in [0.717, 1.165) is 0 Å². The Morgan fingerprint density at radius 2 is 2.14 bits per heavy atom. The summed E-state index contributed by atoms with van der Waals surface area (Å²) >= 11 is 5.83. The van der Waals surface area contributed by atoms with E-state index in [-0.39, 0.29) is 18.0 Å². The highest BCUT2D eigenvalue weighted by molar-refractivity contribution is 6.33. The van der Waals surface area contributed by atoms with Gasteiger partial charge in [-0.2, -0.15) is 0 Å². The van der Waals surface area contributed by atoms with E-state index in [1.807, 2.05) is 12.1 Å². The number of hydrogen-bond donors (Lipinski definition) is 2. The second-order valence-corrected chi connectivity index (χ2v) is 3.00. The fourth-order valence-corrected chi connectivity index (χ4v) is 1.05. The van der Waals surface area contributed by atoms with Crippen LogP contribution in [0.25, 0.3) is 0 Å². The molecule has 0 unspecified atom stereocenters. The van der Waals surface area contributed by atoms with Crippen LogP contribution in [0.1, 0.15) is 0 Å². The Morgan fingerprint density at radius 1 is 1.43 bits per heavy atom. The van der Waals surface area contributed by atoms with Crippen molar-refractivity contribution in [3.05, 3.63) is 39.4 Å². The number of halogens is 1. The van der Waals surface area contributed by atoms with Crippen molar-refractivity contribution >= 4 is 17.3 Å². The molecule has 0 atom stereocenters. The summed E-state index contributed by atoms with van der Waals surface area (Å²) in [5.41, 5.74) is 6.19. The van der Waals surface area contributed by atoms with Crippen LogP contribution in [0.2, 0.25) is 5.02 Å². The Bertz CT molecular complexity index is 319. The Kier molecular flexibility index (Phi) is 4.15. The maximum Gasteiger partial charge on any atom is 0.217 e. The molecule has 1 rings (SSSR count). The van der Waals surface area contributed by atoms with Crippen LogP contribution >= 0.6 is 11.6 Å². The molecule has 0 saturated heterocycles. The number of rotatable bonds is 5. The van der Waals surface area contributed by atoms with Crippen LogP contribution in [-0.2, 0) is 0 Å². The van der Waals surface area contributed by atoms with Crippen molar-refractivity contribution in [2.24, 2.45) is 0 Å². The molecule has 76 valence electrons. The minimum Gasteiger partial charge on any atom is -0.320 e. The van der Waals surface area contributed by atoms with Crippen molar-refractivity contribution in [2.45, 2.75) is 0 Å². The first-order valence-corrected chi connectivity index (χ1v) is 4.43. The molecule has 0 bridgehead atoms. The Labute approximate surface area is 86.2 Å². The van der Waals surface area contributed by atoms with E-state index in [4.69, 9.17) is 11.6 Å². The van der Waals surface area contributed by atoms with Crippen LogP contribution in [0.4, 0.5) is 5.69 Å². The van der Waals surface area contributed by atoms with Gasteiger partial charge in [-0.3, -0.25) is 10.1 Å². The summed E-state index contributed by atoms with van der Waals surface area (Å²) in [7, 11) is 0. The first-order valence-electron chi connectivity index (χ1n) is 4.05. The number of nitro groups is 1. The zero-order valence-corrected chi connectivity index (χ0v) is 8.12. The standard InChI is InChI=1S/C8H10ClN3O2/c9-7-3-1-2-4-8(7)11-10-5-6-12(13)14/h1-4,10-11H,5-6H2. The average Bonchev–Trinajstić information content (AvgIpc) is 2.15. The van der Waals surface area contributed by atoms with Gasteiger partial charge in [-0.15, -0.1) is 0 Å². The molecule has 0 heterocycles. The third kappa shape index (κ3) is 3.59. The van der Waals surface area contributed by atoms with Gasteiger partial charge < -0.3 is 5.43 Å². The van der Waals surface area contributed by atoms with Crippen LogP contribution in [0.3, 0.4) is 0 Å². The molecule has 0 spiro atoms. The van der Waals surface area contributed by atoms with Gasteiger partial charge in [-0.05, 0) is 12.1 Å². The van der Waals surface area contributed by atoms with E-state index in [0.29, 0.717) is 10.7 Å². The predicted octanol–water partition coefficient (Wildman–Crippen LogP) is 1.53. The summed E-state index contributed by atoms with van der Waals surface area (Å²) in [6.07, 6.45) is 0. The van der Waals surface area contributed by atoms with Crippen molar-refractivity contribution in [2.75, 3.05) is 18.5 Å². The molecular formula is C8H10ClN3O2. The lowest BCUT2D eigenvalue weighted by Gasteiger charge is -2.07. The summed E-state index contributed by atoms with van der Waals surface area (Å²) in [5, 5.41) is 10.6. The first-order chi connectivity index (χ1) is 6.70. The fraction of sp³-hybridized carbons (Fsp3) is 0.250. The van der Waals surface area contributed by atoms with Gasteiger partial charge in [0.05, 0.1) is 17.3 Å². The molecular weight excluding hydrogens is 206 g/mol. The lowest BCUT2D eigenvalue weighted by atomic mass is 10.3. The Balaban J connectivity index is 2.31. The molecule has 0 aromatic heterocycles. The number of nitrogens with zero attached hydrogens (tertiary/aromatic N) is 1. The Morgan fingerprint density at radius 3 is 2.79 bits per heavy atom. The van der Waals surface area contributed by atoms with E-state index in [1.165, 1.54) is 0 Å². The van der Waals surface area contributed by atoms with E-state index in [1.54, 1.807) is 12.1 Å². The Hall–Kier alpha value is -1.33. The zero-order chi connectivity index (χ0) is 10.4. The van der Waals surface area contributed by atoms with E-state index < -0.39 is 0 Å². The van der Waals surface area contributed by atoms with Crippen LogP contribution < -0.4 is 10.9 Å². The molecule has 2 N–H and O–H groups in total. The summed E-state index contributed by atoms with van der Waals surface area (Å²) in [4.78, 5) is 9.60. The predicted molar refractivity (Wildman–Crippen MR) is 54.9 cm³/mol. The highest BCUT2D eigenvalue weighted by atomic mass is 35.5. The fourth-order valence-electron chi connectivity index (χ4n) is 0.867. The van der Waals surface area contributed by atoms with Crippen molar-refractivity contribution in [3.63, 3.8) is 0 Å². The van der Waals surface area contributed by atoms with Gasteiger partial charge in [-0.1, -0.05) is 23.7 Å². The third-order valence-corrected chi connectivity index (χ3v) is 1.85. The summed E-state index contributed by atoms with van der Waals surface area (Å²) in [6.45, 7) is 0.121. The number of anilines is 1. The smallest absolute Gasteiger partial charge is 0.217 e. The maximum absolute atomic E-state index is 9.99. The topological polar surface area (TPSA) is 67.2 Å². The lowest BCUT2D eigenvalue weighted by Crippen LogP contribution is -2.27. The van der Waals surface area contributed by atoms with E-state index in [2.05, 4.69) is 10.9 Å². The van der Waals surface area contributed by atoms with Gasteiger partial charge in [0.15, 0.2) is 0 Å². The van der Waals surface area contributed by atoms with Gasteiger partial charge in [0, 0.05) is 4.92 Å². The van der Waals surface area contributed by atoms with Crippen LogP contribution in [0.15, 0.2) is 24.3 Å². The molecule has 14 heavy (non-hydrogen) atoms. The van der Waals surface area contributed by atoms with Gasteiger partial charge in [0.2, 0.25) is 6.54 Å². The number of hydrogen-bond acceptors (Lipinski definition) is 4.